The number of carbonyl (C=O) groups excluding carboxylic acids is 2. The van der Waals surface area contributed by atoms with Gasteiger partial charge in [-0.25, -0.2) is 4.79 Å². The molecule has 2 saturated heterocycles. The molecule has 2 heterocycles. The van der Waals surface area contributed by atoms with Crippen LogP contribution in [-0.4, -0.2) is 49.8 Å². The highest BCUT2D eigenvalue weighted by molar-refractivity contribution is 6.06. The monoisotopic (exact) mass is 296 g/mol. The molecule has 3 N–H and O–H groups in total. The minimum absolute atomic E-state index is 0.178. The highest BCUT2D eigenvalue weighted by atomic mass is 16.6. The van der Waals surface area contributed by atoms with E-state index in [1.165, 1.54) is 13.8 Å². The number of rotatable bonds is 3. The summed E-state index contributed by atoms with van der Waals surface area (Å²) in [6.45, 7) is 7.48. The van der Waals surface area contributed by atoms with E-state index in [1.54, 1.807) is 0 Å². The van der Waals surface area contributed by atoms with Gasteiger partial charge in [0.25, 0.3) is 0 Å². The van der Waals surface area contributed by atoms with Gasteiger partial charge < -0.3 is 20.1 Å². The minimum Gasteiger partial charge on any atom is -0.479 e. The van der Waals surface area contributed by atoms with Crippen molar-refractivity contribution in [1.29, 1.82) is 0 Å². The quantitative estimate of drug-likeness (QED) is 0.463. The number of fused-ring (bicyclic) bond motifs is 2. The molecule has 3 aliphatic carbocycles. The van der Waals surface area contributed by atoms with Gasteiger partial charge in [0.1, 0.15) is 11.5 Å². The SMILES string of the molecule is C=C(C)C1C(O)(C(=O)O)C2(C)C3C(=O)OC2(C(C)=O)C13O. The average molecular weight is 296 g/mol. The van der Waals surface area contributed by atoms with Gasteiger partial charge in [-0.05, 0) is 13.8 Å². The fourth-order valence-corrected chi connectivity index (χ4v) is 5.27. The zero-order valence-electron chi connectivity index (χ0n) is 11.8. The summed E-state index contributed by atoms with van der Waals surface area (Å²) in [4.78, 5) is 35.9. The van der Waals surface area contributed by atoms with E-state index < -0.39 is 51.8 Å². The number of carboxylic acid groups (broad SMARTS) is 1. The van der Waals surface area contributed by atoms with Gasteiger partial charge >= 0.3 is 11.9 Å². The van der Waals surface area contributed by atoms with Crippen LogP contribution in [0.15, 0.2) is 12.2 Å². The maximum absolute atomic E-state index is 12.1. The van der Waals surface area contributed by atoms with E-state index >= 15 is 0 Å². The molecule has 7 heteroatoms. The molecule has 114 valence electrons. The number of esters is 1. The van der Waals surface area contributed by atoms with Crippen LogP contribution in [0.1, 0.15) is 20.8 Å². The maximum atomic E-state index is 12.1. The van der Waals surface area contributed by atoms with Crippen LogP contribution in [0.2, 0.25) is 0 Å². The molecule has 0 amide bonds. The number of carboxylic acids is 1. The predicted octanol–water partition coefficient (Wildman–Crippen LogP) is -0.740. The van der Waals surface area contributed by atoms with Crippen molar-refractivity contribution in [3.8, 4) is 0 Å². The molecule has 4 bridgehead atoms. The van der Waals surface area contributed by atoms with Crippen molar-refractivity contribution < 1.29 is 34.4 Å². The Morgan fingerprint density at radius 2 is 1.81 bits per heavy atom. The number of Topliss-reactive ketones (excluding diaryl/α,β-unsaturated/α-hetero) is 1. The molecule has 6 unspecified atom stereocenters. The molecule has 0 spiro atoms. The summed E-state index contributed by atoms with van der Waals surface area (Å²) in [6, 6.07) is 0. The second-order valence-corrected chi connectivity index (χ2v) is 6.47. The molecular formula is C14H16O7. The molecule has 0 radical (unpaired) electrons. The van der Waals surface area contributed by atoms with Crippen molar-refractivity contribution in [3.63, 3.8) is 0 Å². The molecule has 2 aliphatic heterocycles. The second-order valence-electron chi connectivity index (χ2n) is 6.47. The fourth-order valence-electron chi connectivity index (χ4n) is 5.27. The normalized spacial score (nSPS) is 53.1. The van der Waals surface area contributed by atoms with Gasteiger partial charge in [-0.2, -0.15) is 0 Å². The van der Waals surface area contributed by atoms with E-state index in [1.807, 2.05) is 0 Å². The van der Waals surface area contributed by atoms with Crippen molar-refractivity contribution in [2.75, 3.05) is 0 Å². The van der Waals surface area contributed by atoms with Gasteiger partial charge in [-0.15, -0.1) is 0 Å². The Morgan fingerprint density at radius 3 is 2.14 bits per heavy atom. The van der Waals surface area contributed by atoms with Crippen molar-refractivity contribution >= 4 is 17.7 Å². The Kier molecular flexibility index (Phi) is 2.17. The number of aliphatic hydroxyl groups is 2. The summed E-state index contributed by atoms with van der Waals surface area (Å²) in [5.74, 6) is -5.79. The topological polar surface area (TPSA) is 121 Å². The van der Waals surface area contributed by atoms with Crippen LogP contribution < -0.4 is 0 Å². The van der Waals surface area contributed by atoms with E-state index in [-0.39, 0.29) is 5.57 Å². The largest absolute Gasteiger partial charge is 0.479 e. The number of ketones is 1. The fraction of sp³-hybridized carbons (Fsp3) is 0.643. The Morgan fingerprint density at radius 1 is 1.29 bits per heavy atom. The summed E-state index contributed by atoms with van der Waals surface area (Å²) in [6.07, 6.45) is 0. The third-order valence-corrected chi connectivity index (χ3v) is 5.77. The highest BCUT2D eigenvalue weighted by Crippen LogP contribution is 2.83. The molecule has 7 nitrogen and oxygen atoms in total. The highest BCUT2D eigenvalue weighted by Gasteiger charge is 3.04. The Balaban J connectivity index is 2.40. The van der Waals surface area contributed by atoms with Crippen molar-refractivity contribution in [2.45, 2.75) is 37.6 Å². The molecule has 0 aromatic rings. The van der Waals surface area contributed by atoms with Crippen LogP contribution >= 0.6 is 0 Å². The van der Waals surface area contributed by atoms with Crippen LogP contribution in [0.3, 0.4) is 0 Å². The molecule has 3 saturated carbocycles. The summed E-state index contributed by atoms with van der Waals surface area (Å²) >= 11 is 0. The average Bonchev–Trinajstić information content (AvgIpc) is 2.83. The van der Waals surface area contributed by atoms with E-state index in [2.05, 4.69) is 6.58 Å². The Bertz CT molecular complexity index is 639. The third-order valence-electron chi connectivity index (χ3n) is 5.77. The maximum Gasteiger partial charge on any atom is 0.337 e. The first-order valence-electron chi connectivity index (χ1n) is 6.53. The Labute approximate surface area is 120 Å². The third kappa shape index (κ3) is 0.877. The first-order chi connectivity index (χ1) is 9.45. The first-order valence-corrected chi connectivity index (χ1v) is 6.53. The van der Waals surface area contributed by atoms with Gasteiger partial charge in [-0.1, -0.05) is 19.1 Å². The van der Waals surface area contributed by atoms with Crippen LogP contribution in [0, 0.1) is 17.3 Å². The number of carbonyl (C=O) groups is 3. The summed E-state index contributed by atoms with van der Waals surface area (Å²) in [5.41, 5.74) is -8.18. The van der Waals surface area contributed by atoms with Gasteiger partial charge in [0.2, 0.25) is 5.60 Å². The molecule has 0 aromatic heterocycles. The molecule has 5 aliphatic rings. The lowest BCUT2D eigenvalue weighted by molar-refractivity contribution is -0.241. The lowest BCUT2D eigenvalue weighted by Crippen LogP contribution is -2.76. The summed E-state index contributed by atoms with van der Waals surface area (Å²) in [7, 11) is 0. The van der Waals surface area contributed by atoms with Gasteiger partial charge in [-0.3, -0.25) is 9.59 Å². The molecule has 5 rings (SSSR count). The molecule has 5 fully saturated rings. The van der Waals surface area contributed by atoms with Crippen molar-refractivity contribution in [1.82, 2.24) is 0 Å². The number of aliphatic carboxylic acids is 1. The molecule has 21 heavy (non-hydrogen) atoms. The number of ether oxygens (including phenoxy) is 1. The lowest BCUT2D eigenvalue weighted by Gasteiger charge is -2.55. The predicted molar refractivity (Wildman–Crippen MR) is 66.9 cm³/mol. The lowest BCUT2D eigenvalue weighted by atomic mass is 9.46. The van der Waals surface area contributed by atoms with Gasteiger partial charge in [0, 0.05) is 0 Å². The minimum atomic E-state index is -2.50. The van der Waals surface area contributed by atoms with E-state index in [0.29, 0.717) is 0 Å². The first kappa shape index (κ1) is 14.2. The van der Waals surface area contributed by atoms with Crippen molar-refractivity contribution in [3.05, 3.63) is 12.2 Å². The Hall–Kier alpha value is -1.73. The van der Waals surface area contributed by atoms with E-state index in [9.17, 15) is 29.7 Å². The molecular weight excluding hydrogens is 280 g/mol. The number of hydrogen-bond acceptors (Lipinski definition) is 6. The van der Waals surface area contributed by atoms with Crippen LogP contribution in [0.4, 0.5) is 0 Å². The zero-order chi connectivity index (χ0) is 16.2. The van der Waals surface area contributed by atoms with E-state index in [4.69, 9.17) is 4.74 Å². The van der Waals surface area contributed by atoms with Crippen LogP contribution in [-0.2, 0) is 19.1 Å². The van der Waals surface area contributed by atoms with Gasteiger partial charge in [0.05, 0.1) is 11.3 Å². The number of hydrogen-bond donors (Lipinski definition) is 3. The smallest absolute Gasteiger partial charge is 0.337 e. The van der Waals surface area contributed by atoms with Crippen molar-refractivity contribution in [2.24, 2.45) is 17.3 Å². The second kappa shape index (κ2) is 3.20. The van der Waals surface area contributed by atoms with Crippen LogP contribution in [0.5, 0.6) is 0 Å². The standard InChI is InChI=1S/C14H16O7/c1-5(2)7-12(19)8-9(16)21-14(12,6(3)15)11(8,4)13(7,20)10(17)18/h7-8,19-20H,1H2,2-4H3,(H,17,18). The zero-order valence-corrected chi connectivity index (χ0v) is 11.8. The summed E-state index contributed by atoms with van der Waals surface area (Å²) < 4.78 is 5.10. The van der Waals surface area contributed by atoms with Gasteiger partial charge in [0.15, 0.2) is 11.4 Å². The molecule has 0 aromatic carbocycles. The molecule has 6 atom stereocenters. The van der Waals surface area contributed by atoms with Crippen LogP contribution in [0.25, 0.3) is 0 Å². The van der Waals surface area contributed by atoms with E-state index in [0.717, 1.165) is 6.92 Å². The summed E-state index contributed by atoms with van der Waals surface area (Å²) in [5, 5.41) is 31.4.